The quantitative estimate of drug-likeness (QED) is 0.891. The smallest absolute Gasteiger partial charge is 0.243 e. The number of rotatable bonds is 5. The summed E-state index contributed by atoms with van der Waals surface area (Å²) in [6, 6.07) is 6.65. The van der Waals surface area contributed by atoms with Gasteiger partial charge in [0.1, 0.15) is 0 Å². The van der Waals surface area contributed by atoms with Gasteiger partial charge in [0.25, 0.3) is 0 Å². The second-order valence-corrected chi connectivity index (χ2v) is 6.55. The molecule has 0 aliphatic heterocycles. The van der Waals surface area contributed by atoms with Crippen LogP contribution in [0.5, 0.6) is 0 Å². The van der Waals surface area contributed by atoms with Crippen LogP contribution in [0, 0.1) is 0 Å². The second-order valence-electron chi connectivity index (χ2n) is 4.66. The lowest BCUT2D eigenvalue weighted by Crippen LogP contribution is -2.36. The summed E-state index contributed by atoms with van der Waals surface area (Å²) in [6.07, 6.45) is 0. The van der Waals surface area contributed by atoms with E-state index in [9.17, 15) is 8.42 Å². The highest BCUT2D eigenvalue weighted by atomic mass is 32.2. The number of nitrogens with zero attached hydrogens (tertiary/aromatic N) is 1. The van der Waals surface area contributed by atoms with Crippen LogP contribution in [0.3, 0.4) is 0 Å². The molecule has 0 fully saturated rings. The summed E-state index contributed by atoms with van der Waals surface area (Å²) in [6.45, 7) is 7.92. The summed E-state index contributed by atoms with van der Waals surface area (Å²) < 4.78 is 26.2. The average molecular weight is 270 g/mol. The summed E-state index contributed by atoms with van der Waals surface area (Å²) in [5.41, 5.74) is 6.68. The lowest BCUT2D eigenvalue weighted by atomic mass is 10.1. The van der Waals surface area contributed by atoms with E-state index in [0.29, 0.717) is 11.4 Å². The number of benzene rings is 1. The summed E-state index contributed by atoms with van der Waals surface area (Å²) in [5.74, 6) is 0. The van der Waals surface area contributed by atoms with Crippen molar-refractivity contribution < 1.29 is 8.42 Å². The standard InChI is InChI=1S/C13H22N2O2S/c1-5-15(10(2)3)18(16,17)13-8-6-12(7-9-13)11(4)14/h6-11H,5,14H2,1-4H3. The molecule has 0 aromatic heterocycles. The fourth-order valence-corrected chi connectivity index (χ4v) is 3.54. The Labute approximate surface area is 110 Å². The minimum atomic E-state index is -3.40. The highest BCUT2D eigenvalue weighted by Crippen LogP contribution is 2.20. The molecule has 102 valence electrons. The number of sulfonamides is 1. The molecule has 1 atom stereocenters. The fourth-order valence-electron chi connectivity index (χ4n) is 1.89. The van der Waals surface area contributed by atoms with E-state index in [-0.39, 0.29) is 12.1 Å². The lowest BCUT2D eigenvalue weighted by molar-refractivity contribution is 0.369. The summed E-state index contributed by atoms with van der Waals surface area (Å²) in [4.78, 5) is 0.322. The molecule has 0 saturated carbocycles. The number of hydrogen-bond acceptors (Lipinski definition) is 3. The zero-order valence-electron chi connectivity index (χ0n) is 11.4. The molecule has 0 radical (unpaired) electrons. The predicted octanol–water partition coefficient (Wildman–Crippen LogP) is 2.13. The predicted molar refractivity (Wildman–Crippen MR) is 73.7 cm³/mol. The molecule has 0 spiro atoms. The van der Waals surface area contributed by atoms with Crippen molar-refractivity contribution in [2.45, 2.75) is 44.7 Å². The number of hydrogen-bond donors (Lipinski definition) is 1. The Hall–Kier alpha value is -0.910. The molecule has 1 aromatic carbocycles. The Morgan fingerprint density at radius 2 is 1.67 bits per heavy atom. The highest BCUT2D eigenvalue weighted by molar-refractivity contribution is 7.89. The van der Waals surface area contributed by atoms with Crippen molar-refractivity contribution in [3.63, 3.8) is 0 Å². The second kappa shape index (κ2) is 5.82. The van der Waals surface area contributed by atoms with Crippen molar-refractivity contribution in [3.8, 4) is 0 Å². The Kier molecular flexibility index (Phi) is 4.90. The third-order valence-electron chi connectivity index (χ3n) is 2.90. The highest BCUT2D eigenvalue weighted by Gasteiger charge is 2.25. The third-order valence-corrected chi connectivity index (χ3v) is 5.07. The molecule has 0 aliphatic carbocycles. The minimum absolute atomic E-state index is 0.0480. The molecule has 1 aromatic rings. The van der Waals surface area contributed by atoms with Gasteiger partial charge < -0.3 is 5.73 Å². The van der Waals surface area contributed by atoms with Gasteiger partial charge in [-0.05, 0) is 38.5 Å². The van der Waals surface area contributed by atoms with E-state index in [4.69, 9.17) is 5.73 Å². The molecule has 18 heavy (non-hydrogen) atoms. The van der Waals surface area contributed by atoms with Gasteiger partial charge in [0.05, 0.1) is 4.90 Å². The molecule has 2 N–H and O–H groups in total. The Morgan fingerprint density at radius 3 is 2.00 bits per heavy atom. The van der Waals surface area contributed by atoms with Crippen LogP contribution in [0.2, 0.25) is 0 Å². The van der Waals surface area contributed by atoms with Gasteiger partial charge in [-0.25, -0.2) is 8.42 Å². The lowest BCUT2D eigenvalue weighted by Gasteiger charge is -2.24. The van der Waals surface area contributed by atoms with Crippen molar-refractivity contribution in [3.05, 3.63) is 29.8 Å². The zero-order chi connectivity index (χ0) is 13.9. The van der Waals surface area contributed by atoms with Crippen LogP contribution < -0.4 is 5.73 Å². The fraction of sp³-hybridized carbons (Fsp3) is 0.538. The monoisotopic (exact) mass is 270 g/mol. The molecule has 0 aliphatic rings. The topological polar surface area (TPSA) is 63.4 Å². The van der Waals surface area contributed by atoms with Crippen LogP contribution in [-0.2, 0) is 10.0 Å². The van der Waals surface area contributed by atoms with Gasteiger partial charge in [-0.15, -0.1) is 0 Å². The number of nitrogens with two attached hydrogens (primary N) is 1. The van der Waals surface area contributed by atoms with Gasteiger partial charge in [0.15, 0.2) is 0 Å². The van der Waals surface area contributed by atoms with E-state index >= 15 is 0 Å². The molecular weight excluding hydrogens is 248 g/mol. The van der Waals surface area contributed by atoms with E-state index in [1.807, 2.05) is 27.7 Å². The first-order valence-corrected chi connectivity index (χ1v) is 7.62. The molecule has 4 nitrogen and oxygen atoms in total. The van der Waals surface area contributed by atoms with Gasteiger partial charge >= 0.3 is 0 Å². The van der Waals surface area contributed by atoms with Crippen LogP contribution in [0.1, 0.15) is 39.3 Å². The van der Waals surface area contributed by atoms with Crippen molar-refractivity contribution in [2.24, 2.45) is 5.73 Å². The average Bonchev–Trinajstić information content (AvgIpc) is 2.29. The molecule has 5 heteroatoms. The molecule has 0 amide bonds. The van der Waals surface area contributed by atoms with Gasteiger partial charge in [0.2, 0.25) is 10.0 Å². The van der Waals surface area contributed by atoms with E-state index in [1.165, 1.54) is 4.31 Å². The van der Waals surface area contributed by atoms with Gasteiger partial charge in [-0.2, -0.15) is 4.31 Å². The van der Waals surface area contributed by atoms with Crippen LogP contribution in [0.25, 0.3) is 0 Å². The summed E-state index contributed by atoms with van der Waals surface area (Å²) >= 11 is 0. The molecule has 0 heterocycles. The SMILES string of the molecule is CCN(C(C)C)S(=O)(=O)c1ccc(C(C)N)cc1. The summed E-state index contributed by atoms with van der Waals surface area (Å²) in [7, 11) is -3.40. The van der Waals surface area contributed by atoms with E-state index in [1.54, 1.807) is 24.3 Å². The Bertz CT molecular complexity index is 478. The minimum Gasteiger partial charge on any atom is -0.324 e. The van der Waals surface area contributed by atoms with Crippen LogP contribution in [0.4, 0.5) is 0 Å². The normalized spacial score (nSPS) is 14.2. The van der Waals surface area contributed by atoms with Gasteiger partial charge in [-0.1, -0.05) is 19.1 Å². The largest absolute Gasteiger partial charge is 0.324 e. The third kappa shape index (κ3) is 3.10. The van der Waals surface area contributed by atoms with E-state index in [2.05, 4.69) is 0 Å². The first kappa shape index (κ1) is 15.1. The Balaban J connectivity index is 3.12. The molecule has 1 rings (SSSR count). The summed E-state index contributed by atoms with van der Waals surface area (Å²) in [5, 5.41) is 0. The first-order chi connectivity index (χ1) is 8.30. The maximum atomic E-state index is 12.4. The van der Waals surface area contributed by atoms with E-state index < -0.39 is 10.0 Å². The van der Waals surface area contributed by atoms with Gasteiger partial charge in [-0.3, -0.25) is 0 Å². The molecular formula is C13H22N2O2S. The molecule has 0 bridgehead atoms. The Morgan fingerprint density at radius 1 is 1.17 bits per heavy atom. The van der Waals surface area contributed by atoms with E-state index in [0.717, 1.165) is 5.56 Å². The van der Waals surface area contributed by atoms with Crippen molar-refractivity contribution in [1.29, 1.82) is 0 Å². The maximum Gasteiger partial charge on any atom is 0.243 e. The van der Waals surface area contributed by atoms with Crippen molar-refractivity contribution in [2.75, 3.05) is 6.54 Å². The molecule has 0 saturated heterocycles. The van der Waals surface area contributed by atoms with Crippen molar-refractivity contribution in [1.82, 2.24) is 4.31 Å². The van der Waals surface area contributed by atoms with Crippen molar-refractivity contribution >= 4 is 10.0 Å². The van der Waals surface area contributed by atoms with Crippen LogP contribution in [0.15, 0.2) is 29.2 Å². The maximum absolute atomic E-state index is 12.4. The first-order valence-electron chi connectivity index (χ1n) is 6.18. The van der Waals surface area contributed by atoms with Crippen LogP contribution >= 0.6 is 0 Å². The van der Waals surface area contributed by atoms with Gasteiger partial charge in [0, 0.05) is 18.6 Å². The zero-order valence-corrected chi connectivity index (χ0v) is 12.2. The molecule has 1 unspecified atom stereocenters. The van der Waals surface area contributed by atoms with Crippen LogP contribution in [-0.4, -0.2) is 25.3 Å².